The minimum Gasteiger partial charge on any atom is -0.383 e. The third-order valence-electron chi connectivity index (χ3n) is 3.83. The lowest BCUT2D eigenvalue weighted by Gasteiger charge is -2.27. The minimum atomic E-state index is 0.548. The highest BCUT2D eigenvalue weighted by Crippen LogP contribution is 2.08. The molecule has 4 heteroatoms. The van der Waals surface area contributed by atoms with E-state index >= 15 is 0 Å². The van der Waals surface area contributed by atoms with Crippen molar-refractivity contribution in [3.8, 4) is 0 Å². The summed E-state index contributed by atoms with van der Waals surface area (Å²) in [5.41, 5.74) is 5.52. The van der Waals surface area contributed by atoms with E-state index in [0.717, 1.165) is 13.2 Å². The summed E-state index contributed by atoms with van der Waals surface area (Å²) >= 11 is 0. The summed E-state index contributed by atoms with van der Waals surface area (Å²) in [5, 5.41) is 0. The van der Waals surface area contributed by atoms with Crippen molar-refractivity contribution in [3.63, 3.8) is 0 Å². The van der Waals surface area contributed by atoms with Gasteiger partial charge in [0.2, 0.25) is 0 Å². The van der Waals surface area contributed by atoms with Gasteiger partial charge < -0.3 is 15.4 Å². The molecule has 0 aromatic rings. The molecular weight excluding hydrogens is 226 g/mol. The standard InChI is InChI=1S/C14H31N3O/c1-14(13-18-2)17-10-6-9-16(11-12-17)8-5-3-4-7-15/h14H,3-13,15H2,1-2H3. The van der Waals surface area contributed by atoms with Gasteiger partial charge in [0.15, 0.2) is 0 Å². The third-order valence-corrected chi connectivity index (χ3v) is 3.83. The molecule has 1 rings (SSSR count). The quantitative estimate of drug-likeness (QED) is 0.663. The van der Waals surface area contributed by atoms with Crippen LogP contribution in [0.25, 0.3) is 0 Å². The molecule has 1 saturated heterocycles. The van der Waals surface area contributed by atoms with Crippen LogP contribution in [-0.4, -0.2) is 68.8 Å². The molecule has 1 atom stereocenters. The van der Waals surface area contributed by atoms with Gasteiger partial charge in [0.05, 0.1) is 6.61 Å². The molecular formula is C14H31N3O. The number of nitrogens with two attached hydrogens (primary N) is 1. The second kappa shape index (κ2) is 9.73. The molecule has 0 aliphatic carbocycles. The van der Waals surface area contributed by atoms with E-state index in [-0.39, 0.29) is 0 Å². The zero-order valence-corrected chi connectivity index (χ0v) is 12.2. The Morgan fingerprint density at radius 3 is 2.67 bits per heavy atom. The topological polar surface area (TPSA) is 41.7 Å². The molecule has 1 aliphatic heterocycles. The normalized spacial score (nSPS) is 20.8. The predicted octanol–water partition coefficient (Wildman–Crippen LogP) is 1.16. The van der Waals surface area contributed by atoms with E-state index < -0.39 is 0 Å². The highest BCUT2D eigenvalue weighted by Gasteiger charge is 2.18. The summed E-state index contributed by atoms with van der Waals surface area (Å²) in [4.78, 5) is 5.17. The molecule has 0 saturated carbocycles. The van der Waals surface area contributed by atoms with Crippen LogP contribution < -0.4 is 5.73 Å². The Morgan fingerprint density at radius 2 is 1.94 bits per heavy atom. The van der Waals surface area contributed by atoms with Crippen molar-refractivity contribution in [2.75, 3.05) is 53.0 Å². The van der Waals surface area contributed by atoms with E-state index in [1.807, 2.05) is 0 Å². The van der Waals surface area contributed by atoms with Crippen molar-refractivity contribution in [3.05, 3.63) is 0 Å². The Balaban J connectivity index is 2.19. The Morgan fingerprint density at radius 1 is 1.11 bits per heavy atom. The molecule has 0 radical (unpaired) electrons. The molecule has 0 amide bonds. The first-order chi connectivity index (χ1) is 8.77. The molecule has 0 aromatic heterocycles. The van der Waals surface area contributed by atoms with Crippen LogP contribution in [-0.2, 0) is 4.74 Å². The zero-order valence-electron chi connectivity index (χ0n) is 12.2. The maximum absolute atomic E-state index is 5.52. The van der Waals surface area contributed by atoms with Gasteiger partial charge in [-0.25, -0.2) is 0 Å². The van der Waals surface area contributed by atoms with E-state index in [0.29, 0.717) is 6.04 Å². The lowest BCUT2D eigenvalue weighted by Crippen LogP contribution is -2.39. The number of ether oxygens (including phenoxy) is 1. The van der Waals surface area contributed by atoms with Gasteiger partial charge in [0, 0.05) is 26.2 Å². The molecule has 4 nitrogen and oxygen atoms in total. The SMILES string of the molecule is COCC(C)N1CCCN(CCCCCN)CC1. The number of nitrogens with zero attached hydrogens (tertiary/aromatic N) is 2. The molecule has 2 N–H and O–H groups in total. The van der Waals surface area contributed by atoms with E-state index in [1.54, 1.807) is 7.11 Å². The van der Waals surface area contributed by atoms with Crippen LogP contribution in [0.5, 0.6) is 0 Å². The molecule has 18 heavy (non-hydrogen) atoms. The maximum Gasteiger partial charge on any atom is 0.0615 e. The van der Waals surface area contributed by atoms with Crippen molar-refractivity contribution in [2.24, 2.45) is 5.73 Å². The Labute approximate surface area is 112 Å². The van der Waals surface area contributed by atoms with E-state index in [4.69, 9.17) is 10.5 Å². The van der Waals surface area contributed by atoms with Crippen LogP contribution in [0.1, 0.15) is 32.6 Å². The van der Waals surface area contributed by atoms with Crippen molar-refractivity contribution < 1.29 is 4.74 Å². The van der Waals surface area contributed by atoms with Gasteiger partial charge in [0.25, 0.3) is 0 Å². The van der Waals surface area contributed by atoms with Crippen LogP contribution in [0, 0.1) is 0 Å². The lowest BCUT2D eigenvalue weighted by atomic mass is 10.2. The summed E-state index contributed by atoms with van der Waals surface area (Å²) in [5.74, 6) is 0. The molecule has 108 valence electrons. The largest absolute Gasteiger partial charge is 0.383 e. The number of unbranched alkanes of at least 4 members (excludes halogenated alkanes) is 2. The number of methoxy groups -OCH3 is 1. The highest BCUT2D eigenvalue weighted by atomic mass is 16.5. The fourth-order valence-corrected chi connectivity index (χ4v) is 2.66. The molecule has 0 spiro atoms. The van der Waals surface area contributed by atoms with Gasteiger partial charge in [-0.15, -0.1) is 0 Å². The second-order valence-corrected chi connectivity index (χ2v) is 5.38. The fraction of sp³-hybridized carbons (Fsp3) is 1.00. The molecule has 1 fully saturated rings. The van der Waals surface area contributed by atoms with Crippen molar-refractivity contribution in [1.29, 1.82) is 0 Å². The highest BCUT2D eigenvalue weighted by molar-refractivity contribution is 4.74. The number of hydrogen-bond donors (Lipinski definition) is 1. The van der Waals surface area contributed by atoms with E-state index in [9.17, 15) is 0 Å². The first kappa shape index (κ1) is 15.9. The Kier molecular flexibility index (Phi) is 8.59. The zero-order chi connectivity index (χ0) is 13.2. The summed E-state index contributed by atoms with van der Waals surface area (Å²) in [6.45, 7) is 10.0. The Bertz CT molecular complexity index is 201. The predicted molar refractivity (Wildman–Crippen MR) is 76.9 cm³/mol. The number of rotatable bonds is 8. The third kappa shape index (κ3) is 6.14. The van der Waals surface area contributed by atoms with Gasteiger partial charge >= 0.3 is 0 Å². The van der Waals surface area contributed by atoms with Crippen LogP contribution in [0.3, 0.4) is 0 Å². The first-order valence-electron chi connectivity index (χ1n) is 7.43. The van der Waals surface area contributed by atoms with Crippen LogP contribution >= 0.6 is 0 Å². The van der Waals surface area contributed by atoms with Gasteiger partial charge in [0.1, 0.15) is 0 Å². The van der Waals surface area contributed by atoms with Crippen molar-refractivity contribution in [2.45, 2.75) is 38.6 Å². The monoisotopic (exact) mass is 257 g/mol. The van der Waals surface area contributed by atoms with E-state index in [2.05, 4.69) is 16.7 Å². The molecule has 0 aromatic carbocycles. The smallest absolute Gasteiger partial charge is 0.0615 e. The summed E-state index contributed by atoms with van der Waals surface area (Å²) in [7, 11) is 1.79. The van der Waals surface area contributed by atoms with Crippen LogP contribution in [0.2, 0.25) is 0 Å². The van der Waals surface area contributed by atoms with Crippen molar-refractivity contribution in [1.82, 2.24) is 9.80 Å². The van der Waals surface area contributed by atoms with Crippen molar-refractivity contribution >= 4 is 0 Å². The van der Waals surface area contributed by atoms with Gasteiger partial charge in [-0.05, 0) is 52.4 Å². The lowest BCUT2D eigenvalue weighted by molar-refractivity contribution is 0.101. The molecule has 0 bridgehead atoms. The van der Waals surface area contributed by atoms with Gasteiger partial charge in [-0.2, -0.15) is 0 Å². The second-order valence-electron chi connectivity index (χ2n) is 5.38. The van der Waals surface area contributed by atoms with Gasteiger partial charge in [-0.1, -0.05) is 6.42 Å². The fourth-order valence-electron chi connectivity index (χ4n) is 2.66. The van der Waals surface area contributed by atoms with Crippen LogP contribution in [0.4, 0.5) is 0 Å². The van der Waals surface area contributed by atoms with Crippen LogP contribution in [0.15, 0.2) is 0 Å². The minimum absolute atomic E-state index is 0.548. The average Bonchev–Trinajstić information content (AvgIpc) is 2.60. The summed E-state index contributed by atoms with van der Waals surface area (Å²) in [6, 6.07) is 0.548. The molecule has 1 unspecified atom stereocenters. The average molecular weight is 257 g/mol. The molecule has 1 heterocycles. The number of hydrogen-bond acceptors (Lipinski definition) is 4. The first-order valence-corrected chi connectivity index (χ1v) is 7.43. The molecule has 1 aliphatic rings. The summed E-state index contributed by atoms with van der Waals surface area (Å²) in [6.07, 6.45) is 5.03. The Hall–Kier alpha value is -0.160. The maximum atomic E-state index is 5.52. The summed E-state index contributed by atoms with van der Waals surface area (Å²) < 4.78 is 5.25. The van der Waals surface area contributed by atoms with E-state index in [1.165, 1.54) is 58.4 Å². The van der Waals surface area contributed by atoms with Gasteiger partial charge in [-0.3, -0.25) is 4.90 Å².